The smallest absolute Gasteiger partial charge is 0.181 e. The van der Waals surface area contributed by atoms with Crippen molar-refractivity contribution in [2.24, 2.45) is 7.05 Å². The lowest BCUT2D eigenvalue weighted by Crippen LogP contribution is -2.38. The molecule has 1 aliphatic heterocycles. The van der Waals surface area contributed by atoms with Gasteiger partial charge in [-0.2, -0.15) is 0 Å². The zero-order valence-electron chi connectivity index (χ0n) is 12.7. The first-order valence-electron chi connectivity index (χ1n) is 7.58. The van der Waals surface area contributed by atoms with Crippen LogP contribution in [0, 0.1) is 0 Å². The maximum Gasteiger partial charge on any atom is 0.181 e. The van der Waals surface area contributed by atoms with E-state index in [1.54, 1.807) is 4.68 Å². The fourth-order valence-electron chi connectivity index (χ4n) is 2.85. The van der Waals surface area contributed by atoms with Gasteiger partial charge in [-0.1, -0.05) is 19.1 Å². The Morgan fingerprint density at radius 2 is 2.10 bits per heavy atom. The van der Waals surface area contributed by atoms with Crippen LogP contribution < -0.4 is 5.32 Å². The Hall–Kier alpha value is -1.95. The molecule has 0 amide bonds. The summed E-state index contributed by atoms with van der Waals surface area (Å²) in [4.78, 5) is 2.50. The molecule has 3 rings (SSSR count). The molecule has 1 fully saturated rings. The summed E-state index contributed by atoms with van der Waals surface area (Å²) < 4.78 is 1.69. The maximum absolute atomic E-state index is 4.06. The van der Waals surface area contributed by atoms with E-state index < -0.39 is 0 Å². The second-order valence-electron chi connectivity index (χ2n) is 5.56. The van der Waals surface area contributed by atoms with Gasteiger partial charge in [-0.05, 0) is 41.9 Å². The third-order valence-electron chi connectivity index (χ3n) is 4.15. The zero-order valence-corrected chi connectivity index (χ0v) is 12.7. The van der Waals surface area contributed by atoms with Crippen LogP contribution in [0.25, 0.3) is 11.4 Å². The SMILES string of the molecule is CCN1CCC(Nc2cccc(-c3nnnn3C)c2)CC1. The Kier molecular flexibility index (Phi) is 4.15. The Morgan fingerprint density at radius 1 is 1.29 bits per heavy atom. The van der Waals surface area contributed by atoms with Gasteiger partial charge >= 0.3 is 0 Å². The lowest BCUT2D eigenvalue weighted by atomic mass is 10.0. The highest BCUT2D eigenvalue weighted by atomic mass is 15.5. The normalized spacial score (nSPS) is 17.0. The van der Waals surface area contributed by atoms with Gasteiger partial charge in [-0.3, -0.25) is 0 Å². The van der Waals surface area contributed by atoms with Gasteiger partial charge in [0.25, 0.3) is 0 Å². The van der Waals surface area contributed by atoms with E-state index in [2.05, 4.69) is 44.8 Å². The molecule has 112 valence electrons. The molecule has 0 bridgehead atoms. The average Bonchev–Trinajstić information content (AvgIpc) is 2.94. The van der Waals surface area contributed by atoms with Crippen molar-refractivity contribution in [2.75, 3.05) is 25.0 Å². The van der Waals surface area contributed by atoms with Crippen molar-refractivity contribution in [2.45, 2.75) is 25.8 Å². The van der Waals surface area contributed by atoms with Crippen molar-refractivity contribution in [3.05, 3.63) is 24.3 Å². The van der Waals surface area contributed by atoms with Crippen LogP contribution >= 0.6 is 0 Å². The Bertz CT molecular complexity index is 585. The molecule has 1 aliphatic rings. The summed E-state index contributed by atoms with van der Waals surface area (Å²) in [5.41, 5.74) is 2.18. The lowest BCUT2D eigenvalue weighted by molar-refractivity contribution is 0.229. The van der Waals surface area contributed by atoms with Gasteiger partial charge in [0.15, 0.2) is 5.82 Å². The van der Waals surface area contributed by atoms with Crippen LogP contribution in [-0.2, 0) is 7.05 Å². The molecule has 21 heavy (non-hydrogen) atoms. The van der Waals surface area contributed by atoms with Gasteiger partial charge in [-0.15, -0.1) is 5.10 Å². The first-order chi connectivity index (χ1) is 10.3. The van der Waals surface area contributed by atoms with Crippen LogP contribution in [0.1, 0.15) is 19.8 Å². The van der Waals surface area contributed by atoms with Crippen molar-refractivity contribution in [1.29, 1.82) is 0 Å². The summed E-state index contributed by atoms with van der Waals surface area (Å²) in [6.07, 6.45) is 2.40. The van der Waals surface area contributed by atoms with Gasteiger partial charge in [0.05, 0.1) is 0 Å². The van der Waals surface area contributed by atoms with Crippen molar-refractivity contribution >= 4 is 5.69 Å². The molecular weight excluding hydrogens is 264 g/mol. The summed E-state index contributed by atoms with van der Waals surface area (Å²) in [7, 11) is 1.86. The summed E-state index contributed by atoms with van der Waals surface area (Å²) in [5.74, 6) is 0.791. The van der Waals surface area contributed by atoms with E-state index >= 15 is 0 Å². The van der Waals surface area contributed by atoms with Gasteiger partial charge < -0.3 is 10.2 Å². The highest BCUT2D eigenvalue weighted by Crippen LogP contribution is 2.22. The van der Waals surface area contributed by atoms with E-state index in [0.29, 0.717) is 6.04 Å². The Labute approximate surface area is 125 Å². The van der Waals surface area contributed by atoms with Crippen LogP contribution in [-0.4, -0.2) is 50.8 Å². The first kappa shape index (κ1) is 14.0. The molecule has 2 heterocycles. The Morgan fingerprint density at radius 3 is 2.76 bits per heavy atom. The maximum atomic E-state index is 4.06. The second kappa shape index (κ2) is 6.22. The van der Waals surface area contributed by atoms with Crippen LogP contribution in [0.3, 0.4) is 0 Å². The van der Waals surface area contributed by atoms with Crippen LogP contribution in [0.4, 0.5) is 5.69 Å². The third kappa shape index (κ3) is 3.21. The monoisotopic (exact) mass is 286 g/mol. The molecular formula is C15H22N6. The number of benzene rings is 1. The van der Waals surface area contributed by atoms with Crippen LogP contribution in [0.5, 0.6) is 0 Å². The zero-order chi connectivity index (χ0) is 14.7. The minimum atomic E-state index is 0.556. The van der Waals surface area contributed by atoms with E-state index in [9.17, 15) is 0 Å². The second-order valence-corrected chi connectivity index (χ2v) is 5.56. The molecule has 1 saturated heterocycles. The minimum absolute atomic E-state index is 0.556. The molecule has 0 spiro atoms. The van der Waals surface area contributed by atoms with Crippen molar-refractivity contribution in [3.8, 4) is 11.4 Å². The number of likely N-dealkylation sites (tertiary alicyclic amines) is 1. The van der Waals surface area contributed by atoms with Crippen molar-refractivity contribution < 1.29 is 0 Å². The van der Waals surface area contributed by atoms with E-state index in [1.165, 1.54) is 25.9 Å². The molecule has 1 aromatic heterocycles. The predicted octanol–water partition coefficient (Wildman–Crippen LogP) is 1.77. The predicted molar refractivity (Wildman–Crippen MR) is 83.0 cm³/mol. The molecule has 2 aromatic rings. The highest BCUT2D eigenvalue weighted by molar-refractivity contribution is 5.62. The molecule has 6 heteroatoms. The fraction of sp³-hybridized carbons (Fsp3) is 0.533. The number of hydrogen-bond donors (Lipinski definition) is 1. The standard InChI is InChI=1S/C15H22N6/c1-3-21-9-7-13(8-10-21)16-14-6-4-5-12(11-14)15-17-18-19-20(15)2/h4-6,11,13,16H,3,7-10H2,1-2H3. The van der Waals surface area contributed by atoms with Crippen molar-refractivity contribution in [3.63, 3.8) is 0 Å². The number of piperidine rings is 1. The summed E-state index contributed by atoms with van der Waals surface area (Å²) in [5, 5.41) is 15.3. The van der Waals surface area contributed by atoms with E-state index in [1.807, 2.05) is 19.2 Å². The first-order valence-corrected chi connectivity index (χ1v) is 7.58. The Balaban J connectivity index is 1.68. The molecule has 6 nitrogen and oxygen atoms in total. The van der Waals surface area contributed by atoms with E-state index in [4.69, 9.17) is 0 Å². The van der Waals surface area contributed by atoms with Crippen molar-refractivity contribution in [1.82, 2.24) is 25.1 Å². The number of tetrazole rings is 1. The molecule has 0 atom stereocenters. The van der Waals surface area contributed by atoms with E-state index in [0.717, 1.165) is 23.6 Å². The van der Waals surface area contributed by atoms with Crippen LogP contribution in [0.2, 0.25) is 0 Å². The largest absolute Gasteiger partial charge is 0.382 e. The minimum Gasteiger partial charge on any atom is -0.382 e. The quantitative estimate of drug-likeness (QED) is 0.928. The highest BCUT2D eigenvalue weighted by Gasteiger charge is 2.18. The summed E-state index contributed by atoms with van der Waals surface area (Å²) >= 11 is 0. The molecule has 1 aromatic carbocycles. The fourth-order valence-corrected chi connectivity index (χ4v) is 2.85. The molecule has 1 N–H and O–H groups in total. The number of nitrogens with zero attached hydrogens (tertiary/aromatic N) is 5. The molecule has 0 aliphatic carbocycles. The number of aromatic nitrogens is 4. The van der Waals surface area contributed by atoms with E-state index in [-0.39, 0.29) is 0 Å². The molecule has 0 radical (unpaired) electrons. The average molecular weight is 286 g/mol. The third-order valence-corrected chi connectivity index (χ3v) is 4.15. The van der Waals surface area contributed by atoms with Gasteiger partial charge in [0, 0.05) is 37.4 Å². The summed E-state index contributed by atoms with van der Waals surface area (Å²) in [6, 6.07) is 8.88. The lowest BCUT2D eigenvalue weighted by Gasteiger charge is -2.32. The molecule has 0 unspecified atom stereocenters. The number of aryl methyl sites for hydroxylation is 1. The van der Waals surface area contributed by atoms with Gasteiger partial charge in [-0.25, -0.2) is 4.68 Å². The number of nitrogens with one attached hydrogen (secondary N) is 1. The molecule has 0 saturated carbocycles. The topological polar surface area (TPSA) is 58.9 Å². The number of hydrogen-bond acceptors (Lipinski definition) is 5. The van der Waals surface area contributed by atoms with Gasteiger partial charge in [0.1, 0.15) is 0 Å². The summed E-state index contributed by atoms with van der Waals surface area (Å²) in [6.45, 7) is 5.75. The van der Waals surface area contributed by atoms with Gasteiger partial charge in [0.2, 0.25) is 0 Å². The number of rotatable bonds is 4. The van der Waals surface area contributed by atoms with Crippen LogP contribution in [0.15, 0.2) is 24.3 Å². The number of anilines is 1.